The van der Waals surface area contributed by atoms with E-state index in [4.69, 9.17) is 0 Å². The van der Waals surface area contributed by atoms with E-state index in [1.807, 2.05) is 6.08 Å². The van der Waals surface area contributed by atoms with Crippen LogP contribution < -0.4 is 5.32 Å². The van der Waals surface area contributed by atoms with E-state index in [-0.39, 0.29) is 12.5 Å². The number of aliphatic hydroxyl groups excluding tert-OH is 2. The van der Waals surface area contributed by atoms with Crippen molar-refractivity contribution in [2.75, 3.05) is 6.61 Å². The molecule has 0 spiro atoms. The van der Waals surface area contributed by atoms with Gasteiger partial charge in [-0.2, -0.15) is 0 Å². The predicted molar refractivity (Wildman–Crippen MR) is 161 cm³/mol. The van der Waals surface area contributed by atoms with Gasteiger partial charge < -0.3 is 15.5 Å². The van der Waals surface area contributed by atoms with Crippen molar-refractivity contribution in [3.8, 4) is 0 Å². The molecule has 37 heavy (non-hydrogen) atoms. The lowest BCUT2D eigenvalue weighted by Crippen LogP contribution is -2.45. The molecule has 0 saturated heterocycles. The molecule has 0 aliphatic heterocycles. The van der Waals surface area contributed by atoms with Crippen molar-refractivity contribution in [2.45, 2.75) is 187 Å². The van der Waals surface area contributed by atoms with E-state index in [1.54, 1.807) is 6.08 Å². The molecule has 1 amide bonds. The quantitative estimate of drug-likeness (QED) is 0.0676. The highest BCUT2D eigenvalue weighted by molar-refractivity contribution is 5.76. The van der Waals surface area contributed by atoms with Crippen molar-refractivity contribution in [1.29, 1.82) is 0 Å². The number of allylic oxidation sites excluding steroid dienone is 1. The van der Waals surface area contributed by atoms with E-state index in [9.17, 15) is 15.0 Å². The van der Waals surface area contributed by atoms with Crippen LogP contribution in [0.4, 0.5) is 0 Å². The van der Waals surface area contributed by atoms with Gasteiger partial charge in [-0.25, -0.2) is 0 Å². The van der Waals surface area contributed by atoms with Gasteiger partial charge in [0.25, 0.3) is 0 Å². The third kappa shape index (κ3) is 26.5. The van der Waals surface area contributed by atoms with Crippen LogP contribution in [0.2, 0.25) is 0 Å². The van der Waals surface area contributed by atoms with Crippen LogP contribution >= 0.6 is 0 Å². The molecule has 2 atom stereocenters. The summed E-state index contributed by atoms with van der Waals surface area (Å²) >= 11 is 0. The minimum absolute atomic E-state index is 0.0658. The molecule has 0 heterocycles. The number of carbonyl (C=O) groups excluding carboxylic acids is 1. The summed E-state index contributed by atoms with van der Waals surface area (Å²) < 4.78 is 0. The van der Waals surface area contributed by atoms with Gasteiger partial charge in [-0.05, 0) is 19.3 Å². The van der Waals surface area contributed by atoms with Crippen LogP contribution in [0.5, 0.6) is 0 Å². The maximum absolute atomic E-state index is 12.2. The molecule has 0 aromatic heterocycles. The Kier molecular flexibility index (Phi) is 29.0. The molecule has 0 rings (SSSR count). The molecule has 0 aliphatic rings. The minimum atomic E-state index is -0.830. The first kappa shape index (κ1) is 36.1. The Morgan fingerprint density at radius 3 is 1.41 bits per heavy atom. The monoisotopic (exact) mass is 523 g/mol. The molecule has 220 valence electrons. The van der Waals surface area contributed by atoms with Crippen LogP contribution in [0.3, 0.4) is 0 Å². The molecule has 0 bridgehead atoms. The van der Waals surface area contributed by atoms with Crippen LogP contribution in [0.1, 0.15) is 174 Å². The molecule has 0 aliphatic carbocycles. The Balaban J connectivity index is 3.65. The summed E-state index contributed by atoms with van der Waals surface area (Å²) in [5.74, 6) is -0.0658. The fraction of sp³-hybridized carbons (Fsp3) is 0.909. The number of carbonyl (C=O) groups is 1. The summed E-state index contributed by atoms with van der Waals surface area (Å²) in [6.45, 7) is 4.28. The highest BCUT2D eigenvalue weighted by Gasteiger charge is 2.17. The van der Waals surface area contributed by atoms with Crippen molar-refractivity contribution in [2.24, 2.45) is 0 Å². The Morgan fingerprint density at radius 1 is 0.622 bits per heavy atom. The molecular formula is C33H65NO3. The topological polar surface area (TPSA) is 69.6 Å². The highest BCUT2D eigenvalue weighted by atomic mass is 16.3. The first-order valence-corrected chi connectivity index (χ1v) is 16.4. The fourth-order valence-electron chi connectivity index (χ4n) is 4.94. The van der Waals surface area contributed by atoms with Crippen LogP contribution in [0.25, 0.3) is 0 Å². The van der Waals surface area contributed by atoms with Gasteiger partial charge in [0.2, 0.25) is 5.91 Å². The van der Waals surface area contributed by atoms with Crippen molar-refractivity contribution < 1.29 is 15.0 Å². The number of aliphatic hydroxyl groups is 2. The third-order valence-corrected chi connectivity index (χ3v) is 7.52. The Morgan fingerprint density at radius 2 is 1.00 bits per heavy atom. The second kappa shape index (κ2) is 29.7. The maximum Gasteiger partial charge on any atom is 0.220 e. The fourth-order valence-corrected chi connectivity index (χ4v) is 4.94. The van der Waals surface area contributed by atoms with Crippen LogP contribution in [0, 0.1) is 0 Å². The SMILES string of the molecule is CCCCCCCCCCCCC/C=C/C(O)C(CO)NC(=O)CCCCCCCCCCCCCC. The molecular weight excluding hydrogens is 458 g/mol. The molecule has 0 saturated carbocycles. The van der Waals surface area contributed by atoms with Gasteiger partial charge in [0.15, 0.2) is 0 Å². The first-order chi connectivity index (χ1) is 18.2. The molecule has 0 aromatic rings. The van der Waals surface area contributed by atoms with Gasteiger partial charge in [-0.15, -0.1) is 0 Å². The Bertz CT molecular complexity index is 494. The van der Waals surface area contributed by atoms with Gasteiger partial charge >= 0.3 is 0 Å². The minimum Gasteiger partial charge on any atom is -0.394 e. The van der Waals surface area contributed by atoms with Gasteiger partial charge in [-0.1, -0.05) is 161 Å². The highest BCUT2D eigenvalue weighted by Crippen LogP contribution is 2.14. The van der Waals surface area contributed by atoms with Gasteiger partial charge in [0, 0.05) is 6.42 Å². The third-order valence-electron chi connectivity index (χ3n) is 7.52. The zero-order valence-electron chi connectivity index (χ0n) is 25.0. The number of hydrogen-bond acceptors (Lipinski definition) is 3. The van der Waals surface area contributed by atoms with Crippen LogP contribution in [-0.2, 0) is 4.79 Å². The van der Waals surface area contributed by atoms with Crippen LogP contribution in [0.15, 0.2) is 12.2 Å². The molecule has 2 unspecified atom stereocenters. The van der Waals surface area contributed by atoms with Crippen molar-refractivity contribution in [1.82, 2.24) is 5.32 Å². The zero-order valence-corrected chi connectivity index (χ0v) is 25.0. The summed E-state index contributed by atoms with van der Waals surface area (Å²) in [6.07, 6.45) is 34.2. The second-order valence-corrected chi connectivity index (χ2v) is 11.2. The molecule has 3 N–H and O–H groups in total. The number of unbranched alkanes of at least 4 members (excludes halogenated alkanes) is 22. The molecule has 4 heteroatoms. The van der Waals surface area contributed by atoms with Gasteiger partial charge in [0.1, 0.15) is 0 Å². The second-order valence-electron chi connectivity index (χ2n) is 11.2. The summed E-state index contributed by atoms with van der Waals surface area (Å²) in [5, 5.41) is 22.8. The smallest absolute Gasteiger partial charge is 0.220 e. The number of amides is 1. The molecule has 0 aromatic carbocycles. The maximum atomic E-state index is 12.2. The first-order valence-electron chi connectivity index (χ1n) is 16.4. The number of hydrogen-bond donors (Lipinski definition) is 3. The molecule has 0 fully saturated rings. The average molecular weight is 524 g/mol. The van der Waals surface area contributed by atoms with E-state index in [0.717, 1.165) is 25.7 Å². The standard InChI is InChI=1S/C33H65NO3/c1-3-5-7-9-11-13-15-17-18-20-22-24-26-28-32(36)31(30-35)34-33(37)29-27-25-23-21-19-16-14-12-10-8-6-4-2/h26,28,31-32,35-36H,3-25,27,29-30H2,1-2H3,(H,34,37)/b28-26+. The summed E-state index contributed by atoms with van der Waals surface area (Å²) in [4.78, 5) is 12.2. The zero-order chi connectivity index (χ0) is 27.2. The van der Waals surface area contributed by atoms with Crippen molar-refractivity contribution in [3.63, 3.8) is 0 Å². The van der Waals surface area contributed by atoms with E-state index >= 15 is 0 Å². The number of nitrogens with one attached hydrogen (secondary N) is 1. The lowest BCUT2D eigenvalue weighted by molar-refractivity contribution is -0.123. The molecule has 4 nitrogen and oxygen atoms in total. The van der Waals surface area contributed by atoms with Crippen molar-refractivity contribution >= 4 is 5.91 Å². The summed E-state index contributed by atoms with van der Waals surface area (Å²) in [7, 11) is 0. The van der Waals surface area contributed by atoms with E-state index in [0.29, 0.717) is 6.42 Å². The van der Waals surface area contributed by atoms with Crippen LogP contribution in [-0.4, -0.2) is 34.9 Å². The van der Waals surface area contributed by atoms with E-state index in [1.165, 1.54) is 128 Å². The number of rotatable bonds is 29. The molecule has 0 radical (unpaired) electrons. The lowest BCUT2D eigenvalue weighted by Gasteiger charge is -2.20. The Hall–Kier alpha value is -0.870. The van der Waals surface area contributed by atoms with E-state index < -0.39 is 12.1 Å². The van der Waals surface area contributed by atoms with E-state index in [2.05, 4.69) is 19.2 Å². The summed E-state index contributed by atoms with van der Waals surface area (Å²) in [6, 6.07) is -0.613. The normalized spacial score (nSPS) is 13.3. The Labute approximate surface area is 231 Å². The average Bonchev–Trinajstić information content (AvgIpc) is 2.90. The predicted octanol–water partition coefficient (Wildman–Crippen LogP) is 9.17. The lowest BCUT2D eigenvalue weighted by atomic mass is 10.0. The van der Waals surface area contributed by atoms with Crippen molar-refractivity contribution in [3.05, 3.63) is 12.2 Å². The summed E-state index contributed by atoms with van der Waals surface area (Å²) in [5.41, 5.74) is 0. The van der Waals surface area contributed by atoms with Gasteiger partial charge in [-0.3, -0.25) is 4.79 Å². The largest absolute Gasteiger partial charge is 0.394 e. The van der Waals surface area contributed by atoms with Gasteiger partial charge in [0.05, 0.1) is 18.8 Å².